The van der Waals surface area contributed by atoms with Crippen molar-refractivity contribution in [3.05, 3.63) is 72.2 Å². The first kappa shape index (κ1) is 21.7. The Hall–Kier alpha value is -3.08. The van der Waals surface area contributed by atoms with Gasteiger partial charge >= 0.3 is 0 Å². The highest BCUT2D eigenvalue weighted by molar-refractivity contribution is 7.89. The Kier molecular flexibility index (Phi) is 5.73. The van der Waals surface area contributed by atoms with E-state index in [1.165, 1.54) is 27.8 Å². The molecule has 5 rings (SSSR count). The quantitative estimate of drug-likeness (QED) is 0.443. The summed E-state index contributed by atoms with van der Waals surface area (Å²) in [4.78, 5) is 17.4. The van der Waals surface area contributed by atoms with Crippen LogP contribution in [0.2, 0.25) is 0 Å². The summed E-state index contributed by atoms with van der Waals surface area (Å²) in [7, 11) is -3.90. The fourth-order valence-corrected chi connectivity index (χ4v) is 6.47. The highest BCUT2D eigenvalue weighted by Gasteiger charge is 2.39. The summed E-state index contributed by atoms with van der Waals surface area (Å²) in [5, 5.41) is 3.53. The lowest BCUT2D eigenvalue weighted by Crippen LogP contribution is -2.45. The summed E-state index contributed by atoms with van der Waals surface area (Å²) in [6.45, 7) is 0.366. The third-order valence-corrected chi connectivity index (χ3v) is 8.50. The SMILES string of the molecule is O=C(NCc1ccc(-c2nc3ccccc3s2)o1)C1CCCN1S(=O)(=O)c1ccc(F)cc1. The Morgan fingerprint density at radius 1 is 1.15 bits per heavy atom. The van der Waals surface area contributed by atoms with Gasteiger partial charge in [0, 0.05) is 6.54 Å². The molecule has 1 aliphatic rings. The number of hydrogen-bond donors (Lipinski definition) is 1. The van der Waals surface area contributed by atoms with Gasteiger partial charge in [-0.05, 0) is 61.4 Å². The molecule has 33 heavy (non-hydrogen) atoms. The van der Waals surface area contributed by atoms with Crippen molar-refractivity contribution in [3.8, 4) is 10.8 Å². The molecule has 0 spiro atoms. The van der Waals surface area contributed by atoms with Crippen LogP contribution in [0.4, 0.5) is 4.39 Å². The predicted octanol–water partition coefficient (Wildman–Crippen LogP) is 4.16. The molecule has 1 saturated heterocycles. The van der Waals surface area contributed by atoms with Crippen molar-refractivity contribution in [2.24, 2.45) is 0 Å². The smallest absolute Gasteiger partial charge is 0.243 e. The zero-order chi connectivity index (χ0) is 23.0. The summed E-state index contributed by atoms with van der Waals surface area (Å²) in [6, 6.07) is 15.2. The van der Waals surface area contributed by atoms with E-state index in [9.17, 15) is 17.6 Å². The Labute approximate surface area is 193 Å². The molecule has 0 saturated carbocycles. The van der Waals surface area contributed by atoms with E-state index in [1.807, 2.05) is 24.3 Å². The summed E-state index contributed by atoms with van der Waals surface area (Å²) >= 11 is 1.52. The largest absolute Gasteiger partial charge is 0.457 e. The van der Waals surface area contributed by atoms with Crippen LogP contribution in [-0.4, -0.2) is 36.2 Å². The topological polar surface area (TPSA) is 92.5 Å². The number of furan rings is 1. The van der Waals surface area contributed by atoms with Crippen LogP contribution in [0.5, 0.6) is 0 Å². The zero-order valence-electron chi connectivity index (χ0n) is 17.4. The molecule has 1 fully saturated rings. The number of amides is 1. The van der Waals surface area contributed by atoms with Crippen LogP contribution >= 0.6 is 11.3 Å². The maximum atomic E-state index is 13.2. The molecule has 4 aromatic rings. The molecule has 10 heteroatoms. The first-order valence-corrected chi connectivity index (χ1v) is 12.7. The number of carbonyl (C=O) groups excluding carboxylic acids is 1. The number of para-hydroxylation sites is 1. The molecule has 1 unspecified atom stereocenters. The molecular weight excluding hydrogens is 465 g/mol. The van der Waals surface area contributed by atoms with Crippen LogP contribution in [-0.2, 0) is 21.4 Å². The number of nitrogens with one attached hydrogen (secondary N) is 1. The molecule has 1 atom stereocenters. The number of sulfonamides is 1. The lowest BCUT2D eigenvalue weighted by molar-refractivity contribution is -0.124. The van der Waals surface area contributed by atoms with Crippen LogP contribution in [0.3, 0.4) is 0 Å². The van der Waals surface area contributed by atoms with Gasteiger partial charge < -0.3 is 9.73 Å². The molecule has 0 aliphatic carbocycles. The van der Waals surface area contributed by atoms with Crippen LogP contribution < -0.4 is 5.32 Å². The second-order valence-electron chi connectivity index (χ2n) is 7.70. The van der Waals surface area contributed by atoms with Crippen LogP contribution in [0.1, 0.15) is 18.6 Å². The Balaban J connectivity index is 1.26. The van der Waals surface area contributed by atoms with E-state index in [4.69, 9.17) is 4.42 Å². The van der Waals surface area contributed by atoms with Gasteiger partial charge in [0.1, 0.15) is 17.6 Å². The van der Waals surface area contributed by atoms with E-state index in [2.05, 4.69) is 10.3 Å². The highest BCUT2D eigenvalue weighted by Crippen LogP contribution is 2.31. The number of rotatable bonds is 6. The van der Waals surface area contributed by atoms with Crippen LogP contribution in [0.15, 0.2) is 70.0 Å². The summed E-state index contributed by atoms with van der Waals surface area (Å²) in [5.41, 5.74) is 0.896. The number of aromatic nitrogens is 1. The first-order valence-electron chi connectivity index (χ1n) is 10.4. The van der Waals surface area contributed by atoms with E-state index in [1.54, 1.807) is 12.1 Å². The van der Waals surface area contributed by atoms with E-state index in [-0.39, 0.29) is 18.0 Å². The molecule has 7 nitrogen and oxygen atoms in total. The van der Waals surface area contributed by atoms with E-state index in [0.29, 0.717) is 24.4 Å². The van der Waals surface area contributed by atoms with Crippen molar-refractivity contribution in [1.82, 2.24) is 14.6 Å². The van der Waals surface area contributed by atoms with Gasteiger partial charge in [0.05, 0.1) is 21.7 Å². The predicted molar refractivity (Wildman–Crippen MR) is 122 cm³/mol. The fraction of sp³-hybridized carbons (Fsp3) is 0.217. The minimum Gasteiger partial charge on any atom is -0.457 e. The summed E-state index contributed by atoms with van der Waals surface area (Å²) in [5.74, 6) is 0.245. The minimum absolute atomic E-state index is 0.0323. The Morgan fingerprint density at radius 3 is 2.73 bits per heavy atom. The number of hydrogen-bond acceptors (Lipinski definition) is 6. The molecule has 2 aromatic carbocycles. The molecule has 1 aliphatic heterocycles. The maximum absolute atomic E-state index is 13.2. The van der Waals surface area contributed by atoms with E-state index >= 15 is 0 Å². The van der Waals surface area contributed by atoms with Gasteiger partial charge in [-0.3, -0.25) is 4.79 Å². The monoisotopic (exact) mass is 485 g/mol. The molecule has 0 bridgehead atoms. The minimum atomic E-state index is -3.90. The van der Waals surface area contributed by atoms with Gasteiger partial charge in [0.25, 0.3) is 0 Å². The van der Waals surface area contributed by atoms with Crippen molar-refractivity contribution < 1.29 is 22.0 Å². The lowest BCUT2D eigenvalue weighted by atomic mass is 10.2. The number of benzene rings is 2. The number of nitrogens with zero attached hydrogens (tertiary/aromatic N) is 2. The second-order valence-corrected chi connectivity index (χ2v) is 10.6. The van der Waals surface area contributed by atoms with Gasteiger partial charge in [-0.1, -0.05) is 12.1 Å². The number of thiazole rings is 1. The lowest BCUT2D eigenvalue weighted by Gasteiger charge is -2.23. The van der Waals surface area contributed by atoms with Crippen LogP contribution in [0, 0.1) is 5.82 Å². The van der Waals surface area contributed by atoms with E-state index < -0.39 is 27.8 Å². The number of halogens is 1. The fourth-order valence-electron chi connectivity index (χ4n) is 3.89. The van der Waals surface area contributed by atoms with Gasteiger partial charge in [0.15, 0.2) is 10.8 Å². The van der Waals surface area contributed by atoms with Gasteiger partial charge in [-0.25, -0.2) is 17.8 Å². The molecule has 0 radical (unpaired) electrons. The third kappa shape index (κ3) is 4.29. The summed E-state index contributed by atoms with van der Waals surface area (Å²) < 4.78 is 47.2. The van der Waals surface area contributed by atoms with Crippen molar-refractivity contribution in [1.29, 1.82) is 0 Å². The maximum Gasteiger partial charge on any atom is 0.243 e. The number of fused-ring (bicyclic) bond motifs is 1. The number of carbonyl (C=O) groups is 1. The van der Waals surface area contributed by atoms with Crippen molar-refractivity contribution in [2.45, 2.75) is 30.3 Å². The molecular formula is C23H20FN3O4S2. The van der Waals surface area contributed by atoms with Crippen LogP contribution in [0.25, 0.3) is 21.0 Å². The molecule has 2 aromatic heterocycles. The zero-order valence-corrected chi connectivity index (χ0v) is 19.0. The van der Waals surface area contributed by atoms with E-state index in [0.717, 1.165) is 27.4 Å². The average molecular weight is 486 g/mol. The van der Waals surface area contributed by atoms with Crippen molar-refractivity contribution in [3.63, 3.8) is 0 Å². The molecule has 1 amide bonds. The van der Waals surface area contributed by atoms with Gasteiger partial charge in [-0.15, -0.1) is 11.3 Å². The van der Waals surface area contributed by atoms with Gasteiger partial charge in [-0.2, -0.15) is 4.31 Å². The van der Waals surface area contributed by atoms with Crippen molar-refractivity contribution in [2.75, 3.05) is 6.54 Å². The summed E-state index contributed by atoms with van der Waals surface area (Å²) in [6.07, 6.45) is 0.988. The average Bonchev–Trinajstić information content (AvgIpc) is 3.57. The first-order chi connectivity index (χ1) is 15.9. The molecule has 1 N–H and O–H groups in total. The normalized spacial score (nSPS) is 16.9. The standard InChI is InChI=1S/C23H20FN3O4S2/c24-15-7-10-17(11-8-15)33(29,30)27-13-3-5-19(27)22(28)25-14-16-9-12-20(31-16)23-26-18-4-1-2-6-21(18)32-23/h1-2,4,6-12,19H,3,5,13-14H2,(H,25,28). The molecule has 3 heterocycles. The van der Waals surface area contributed by atoms with Crippen molar-refractivity contribution >= 4 is 37.5 Å². The molecule has 170 valence electrons. The third-order valence-electron chi connectivity index (χ3n) is 5.53. The second kappa shape index (κ2) is 8.69. The Morgan fingerprint density at radius 2 is 1.94 bits per heavy atom. The van der Waals surface area contributed by atoms with Gasteiger partial charge in [0.2, 0.25) is 15.9 Å². The highest BCUT2D eigenvalue weighted by atomic mass is 32.2. The Bertz CT molecular complexity index is 1380.